The summed E-state index contributed by atoms with van der Waals surface area (Å²) in [4.78, 5) is 27.6. The summed E-state index contributed by atoms with van der Waals surface area (Å²) in [6.07, 6.45) is 0.910. The van der Waals surface area contributed by atoms with E-state index in [0.717, 1.165) is 34.6 Å². The Morgan fingerprint density at radius 3 is 2.64 bits per heavy atom. The van der Waals surface area contributed by atoms with Gasteiger partial charge in [0.15, 0.2) is 0 Å². The first-order chi connectivity index (χ1) is 10.4. The van der Waals surface area contributed by atoms with Gasteiger partial charge in [-0.2, -0.15) is 0 Å². The summed E-state index contributed by atoms with van der Waals surface area (Å²) >= 11 is 1.05. The van der Waals surface area contributed by atoms with Gasteiger partial charge in [-0.15, -0.1) is 11.3 Å². The highest BCUT2D eigenvalue weighted by Gasteiger charge is 2.16. The molecule has 0 radical (unpaired) electrons. The third kappa shape index (κ3) is 3.51. The van der Waals surface area contributed by atoms with Gasteiger partial charge in [-0.05, 0) is 31.4 Å². The average molecular weight is 318 g/mol. The van der Waals surface area contributed by atoms with E-state index in [1.54, 1.807) is 6.92 Å². The summed E-state index contributed by atoms with van der Waals surface area (Å²) in [7, 11) is 0. The molecule has 0 aliphatic carbocycles. The standard InChI is InChI=1S/C16H18N2O3S/c1-4-11-7-5-6-9(2)14(11)18-12(19)8-13-17-10(3)15(22-13)16(20)21/h5-7H,4,8H2,1-3H3,(H,18,19)(H,20,21). The quantitative estimate of drug-likeness (QED) is 0.887. The fourth-order valence-electron chi connectivity index (χ4n) is 2.25. The zero-order valence-electron chi connectivity index (χ0n) is 12.8. The Morgan fingerprint density at radius 2 is 2.05 bits per heavy atom. The number of anilines is 1. The lowest BCUT2D eigenvalue weighted by molar-refractivity contribution is -0.115. The van der Waals surface area contributed by atoms with E-state index in [1.165, 1.54) is 0 Å². The summed E-state index contributed by atoms with van der Waals surface area (Å²) in [6, 6.07) is 5.90. The number of hydrogen-bond acceptors (Lipinski definition) is 4. The molecule has 0 saturated heterocycles. The Labute approximate surface area is 133 Å². The van der Waals surface area contributed by atoms with Gasteiger partial charge in [0.1, 0.15) is 9.88 Å². The monoisotopic (exact) mass is 318 g/mol. The Morgan fingerprint density at radius 1 is 1.32 bits per heavy atom. The van der Waals surface area contributed by atoms with Crippen molar-refractivity contribution >= 4 is 28.9 Å². The van der Waals surface area contributed by atoms with Gasteiger partial charge in [0.2, 0.25) is 5.91 Å². The van der Waals surface area contributed by atoms with Crippen LogP contribution in [-0.4, -0.2) is 22.0 Å². The fourth-order valence-corrected chi connectivity index (χ4v) is 3.15. The van der Waals surface area contributed by atoms with Crippen molar-refractivity contribution in [3.05, 3.63) is 44.9 Å². The van der Waals surface area contributed by atoms with E-state index >= 15 is 0 Å². The van der Waals surface area contributed by atoms with Crippen molar-refractivity contribution in [2.45, 2.75) is 33.6 Å². The van der Waals surface area contributed by atoms with E-state index < -0.39 is 5.97 Å². The lowest BCUT2D eigenvalue weighted by Gasteiger charge is -2.12. The van der Waals surface area contributed by atoms with Gasteiger partial charge in [-0.1, -0.05) is 25.1 Å². The first-order valence-electron chi connectivity index (χ1n) is 7.00. The zero-order valence-corrected chi connectivity index (χ0v) is 13.6. The number of carboxylic acid groups (broad SMARTS) is 1. The molecular formula is C16H18N2O3S. The first-order valence-corrected chi connectivity index (χ1v) is 7.82. The number of aryl methyl sites for hydroxylation is 3. The molecule has 0 aliphatic rings. The molecule has 0 bridgehead atoms. The normalized spacial score (nSPS) is 10.5. The number of aromatic carboxylic acids is 1. The molecule has 1 heterocycles. The molecule has 0 unspecified atom stereocenters. The van der Waals surface area contributed by atoms with Gasteiger partial charge in [-0.3, -0.25) is 4.79 Å². The number of benzene rings is 1. The summed E-state index contributed by atoms with van der Waals surface area (Å²) in [5.74, 6) is -1.19. The van der Waals surface area contributed by atoms with Crippen LogP contribution < -0.4 is 5.32 Å². The van der Waals surface area contributed by atoms with Crippen molar-refractivity contribution in [1.29, 1.82) is 0 Å². The van der Waals surface area contributed by atoms with Crippen LogP contribution in [0.1, 0.15) is 38.4 Å². The van der Waals surface area contributed by atoms with Crippen molar-refractivity contribution in [1.82, 2.24) is 4.98 Å². The highest BCUT2D eigenvalue weighted by molar-refractivity contribution is 7.13. The van der Waals surface area contributed by atoms with E-state index in [4.69, 9.17) is 5.11 Å². The maximum atomic E-state index is 12.2. The summed E-state index contributed by atoms with van der Waals surface area (Å²) in [5.41, 5.74) is 3.37. The molecule has 0 spiro atoms. The van der Waals surface area contributed by atoms with Gasteiger partial charge in [-0.25, -0.2) is 9.78 Å². The molecule has 1 amide bonds. The lowest BCUT2D eigenvalue weighted by atomic mass is 10.1. The summed E-state index contributed by atoms with van der Waals surface area (Å²) in [5, 5.41) is 12.5. The molecule has 0 saturated carbocycles. The van der Waals surface area contributed by atoms with Crippen molar-refractivity contribution in [2.75, 3.05) is 5.32 Å². The minimum Gasteiger partial charge on any atom is -0.477 e. The number of carbonyl (C=O) groups is 2. The fraction of sp³-hybridized carbons (Fsp3) is 0.312. The van der Waals surface area contributed by atoms with Crippen LogP contribution in [0.3, 0.4) is 0 Å². The highest BCUT2D eigenvalue weighted by Crippen LogP contribution is 2.22. The molecule has 1 aromatic carbocycles. The highest BCUT2D eigenvalue weighted by atomic mass is 32.1. The Bertz CT molecular complexity index is 722. The SMILES string of the molecule is CCc1cccc(C)c1NC(=O)Cc1nc(C)c(C(=O)O)s1. The van der Waals surface area contributed by atoms with Gasteiger partial charge in [0, 0.05) is 5.69 Å². The van der Waals surface area contributed by atoms with Crippen molar-refractivity contribution < 1.29 is 14.7 Å². The second-order valence-electron chi connectivity index (χ2n) is 5.01. The average Bonchev–Trinajstić information content (AvgIpc) is 2.81. The summed E-state index contributed by atoms with van der Waals surface area (Å²) in [6.45, 7) is 5.62. The second kappa shape index (κ2) is 6.70. The molecular weight excluding hydrogens is 300 g/mol. The van der Waals surface area contributed by atoms with Crippen molar-refractivity contribution in [3.63, 3.8) is 0 Å². The smallest absolute Gasteiger partial charge is 0.347 e. The number of aromatic nitrogens is 1. The van der Waals surface area contributed by atoms with Crippen LogP contribution in [0.25, 0.3) is 0 Å². The number of nitrogens with zero attached hydrogens (tertiary/aromatic N) is 1. The van der Waals surface area contributed by atoms with Crippen LogP contribution in [0.15, 0.2) is 18.2 Å². The number of carboxylic acids is 1. The molecule has 0 fully saturated rings. The van der Waals surface area contributed by atoms with E-state index in [1.807, 2.05) is 32.0 Å². The maximum absolute atomic E-state index is 12.2. The Kier molecular flexibility index (Phi) is 4.92. The van der Waals surface area contributed by atoms with Crippen LogP contribution in [0.5, 0.6) is 0 Å². The van der Waals surface area contributed by atoms with Crippen LogP contribution in [0.2, 0.25) is 0 Å². The molecule has 0 atom stereocenters. The minimum atomic E-state index is -1.01. The molecule has 22 heavy (non-hydrogen) atoms. The van der Waals surface area contributed by atoms with Gasteiger partial charge >= 0.3 is 5.97 Å². The number of rotatable bonds is 5. The third-order valence-corrected chi connectivity index (χ3v) is 4.50. The van der Waals surface area contributed by atoms with E-state index in [-0.39, 0.29) is 17.2 Å². The molecule has 6 heteroatoms. The maximum Gasteiger partial charge on any atom is 0.347 e. The van der Waals surface area contributed by atoms with Gasteiger partial charge in [0.05, 0.1) is 12.1 Å². The summed E-state index contributed by atoms with van der Waals surface area (Å²) < 4.78 is 0. The number of thiazole rings is 1. The molecule has 0 aliphatic heterocycles. The lowest BCUT2D eigenvalue weighted by Crippen LogP contribution is -2.16. The molecule has 116 valence electrons. The zero-order chi connectivity index (χ0) is 16.3. The van der Waals surface area contributed by atoms with Gasteiger partial charge < -0.3 is 10.4 Å². The van der Waals surface area contributed by atoms with Gasteiger partial charge in [0.25, 0.3) is 0 Å². The molecule has 2 rings (SSSR count). The number of carbonyl (C=O) groups excluding carboxylic acids is 1. The second-order valence-corrected chi connectivity index (χ2v) is 6.10. The number of amides is 1. The Hall–Kier alpha value is -2.21. The van der Waals surface area contributed by atoms with Crippen LogP contribution >= 0.6 is 11.3 Å². The number of para-hydroxylation sites is 1. The van der Waals surface area contributed by atoms with E-state index in [9.17, 15) is 9.59 Å². The van der Waals surface area contributed by atoms with E-state index in [2.05, 4.69) is 10.3 Å². The first kappa shape index (κ1) is 16.2. The molecule has 2 aromatic rings. The molecule has 2 N–H and O–H groups in total. The predicted octanol–water partition coefficient (Wildman–Crippen LogP) is 3.20. The van der Waals surface area contributed by atoms with E-state index in [0.29, 0.717) is 10.7 Å². The number of nitrogens with one attached hydrogen (secondary N) is 1. The Balaban J connectivity index is 2.14. The molecule has 5 nitrogen and oxygen atoms in total. The van der Waals surface area contributed by atoms with Crippen molar-refractivity contribution in [3.8, 4) is 0 Å². The minimum absolute atomic E-state index is 0.0796. The largest absolute Gasteiger partial charge is 0.477 e. The molecule has 1 aromatic heterocycles. The van der Waals surface area contributed by atoms with Crippen LogP contribution in [-0.2, 0) is 17.6 Å². The topological polar surface area (TPSA) is 79.3 Å². The third-order valence-electron chi connectivity index (χ3n) is 3.35. The van der Waals surface area contributed by atoms with Crippen LogP contribution in [0.4, 0.5) is 5.69 Å². The number of hydrogen-bond donors (Lipinski definition) is 2. The predicted molar refractivity (Wildman–Crippen MR) is 86.7 cm³/mol. The van der Waals surface area contributed by atoms with Crippen molar-refractivity contribution in [2.24, 2.45) is 0 Å². The van der Waals surface area contributed by atoms with Crippen LogP contribution in [0, 0.1) is 13.8 Å².